The van der Waals surface area contributed by atoms with Crippen LogP contribution in [0.25, 0.3) is 0 Å². The zero-order chi connectivity index (χ0) is 14.7. The average molecular weight is 293 g/mol. The molecule has 0 N–H and O–H groups in total. The minimum absolute atomic E-state index is 0.447. The first kappa shape index (κ1) is 14.9. The second-order valence-electron chi connectivity index (χ2n) is 4.99. The Morgan fingerprint density at radius 1 is 1.15 bits per heavy atom. The quantitative estimate of drug-likeness (QED) is 0.821. The molecule has 2 aromatic rings. The third kappa shape index (κ3) is 3.15. The van der Waals surface area contributed by atoms with Gasteiger partial charge in [0, 0.05) is 6.54 Å². The Hall–Kier alpha value is -1.48. The summed E-state index contributed by atoms with van der Waals surface area (Å²) in [7, 11) is 0. The summed E-state index contributed by atoms with van der Waals surface area (Å²) >= 11 is 6.37. The minimum atomic E-state index is 0.447. The number of halogens is 1. The van der Waals surface area contributed by atoms with Crippen molar-refractivity contribution in [2.75, 3.05) is 0 Å². The highest BCUT2D eigenvalue weighted by molar-refractivity contribution is 6.31. The van der Waals surface area contributed by atoms with E-state index in [-0.39, 0.29) is 0 Å². The molecule has 1 aromatic carbocycles. The number of hydrogen-bond acceptors (Lipinski definition) is 2. The van der Waals surface area contributed by atoms with E-state index in [9.17, 15) is 0 Å². The topological polar surface area (TPSA) is 27.1 Å². The fourth-order valence-corrected chi connectivity index (χ4v) is 2.65. The molecular formula is C16H21ClN2O. The van der Waals surface area contributed by atoms with Crippen LogP contribution < -0.4 is 4.74 Å². The van der Waals surface area contributed by atoms with Crippen LogP contribution in [0.15, 0.2) is 18.2 Å². The Bertz CT molecular complexity index is 585. The molecule has 2 rings (SSSR count). The summed E-state index contributed by atoms with van der Waals surface area (Å²) in [6.45, 7) is 9.50. The van der Waals surface area contributed by atoms with Gasteiger partial charge in [0.05, 0.1) is 16.4 Å². The van der Waals surface area contributed by atoms with Gasteiger partial charge in [-0.3, -0.25) is 4.68 Å². The zero-order valence-corrected chi connectivity index (χ0v) is 13.3. The van der Waals surface area contributed by atoms with Crippen molar-refractivity contribution in [1.82, 2.24) is 9.78 Å². The molecule has 0 amide bonds. The lowest BCUT2D eigenvalue weighted by molar-refractivity contribution is 0.292. The first-order chi connectivity index (χ1) is 9.55. The SMILES string of the molecule is CCc1nn(CC)c(COc2cc(C)cc(C)c2)c1Cl. The molecular weight excluding hydrogens is 272 g/mol. The van der Waals surface area contributed by atoms with Crippen LogP contribution in [-0.4, -0.2) is 9.78 Å². The lowest BCUT2D eigenvalue weighted by atomic mass is 10.1. The Morgan fingerprint density at radius 3 is 2.35 bits per heavy atom. The van der Waals surface area contributed by atoms with Gasteiger partial charge in [-0.2, -0.15) is 5.10 Å². The summed E-state index contributed by atoms with van der Waals surface area (Å²) in [6, 6.07) is 6.20. The average Bonchev–Trinajstić information content (AvgIpc) is 2.71. The van der Waals surface area contributed by atoms with Crippen molar-refractivity contribution in [2.24, 2.45) is 0 Å². The standard InChI is InChI=1S/C16H21ClN2O/c1-5-14-16(17)15(19(6-2)18-14)10-20-13-8-11(3)7-12(4)9-13/h7-9H,5-6,10H2,1-4H3. The zero-order valence-electron chi connectivity index (χ0n) is 12.5. The van der Waals surface area contributed by atoms with Gasteiger partial charge < -0.3 is 4.74 Å². The number of ether oxygens (including phenoxy) is 1. The third-order valence-electron chi connectivity index (χ3n) is 3.26. The summed E-state index contributed by atoms with van der Waals surface area (Å²) in [5.74, 6) is 0.875. The minimum Gasteiger partial charge on any atom is -0.487 e. The summed E-state index contributed by atoms with van der Waals surface area (Å²) in [6.07, 6.45) is 0.836. The maximum absolute atomic E-state index is 6.37. The van der Waals surface area contributed by atoms with Gasteiger partial charge in [-0.15, -0.1) is 0 Å². The van der Waals surface area contributed by atoms with Gasteiger partial charge in [0.1, 0.15) is 12.4 Å². The number of nitrogens with zero attached hydrogens (tertiary/aromatic N) is 2. The summed E-state index contributed by atoms with van der Waals surface area (Å²) in [5, 5.41) is 5.23. The fraction of sp³-hybridized carbons (Fsp3) is 0.438. The van der Waals surface area contributed by atoms with Crippen LogP contribution in [0.3, 0.4) is 0 Å². The molecule has 0 saturated carbocycles. The predicted molar refractivity (Wildman–Crippen MR) is 82.5 cm³/mol. The van der Waals surface area contributed by atoms with E-state index in [4.69, 9.17) is 16.3 Å². The van der Waals surface area contributed by atoms with Crippen LogP contribution in [0.4, 0.5) is 0 Å². The number of aromatic nitrogens is 2. The van der Waals surface area contributed by atoms with Crippen LogP contribution in [0.1, 0.15) is 36.4 Å². The van der Waals surface area contributed by atoms with E-state index in [1.165, 1.54) is 11.1 Å². The Morgan fingerprint density at radius 2 is 1.80 bits per heavy atom. The van der Waals surface area contributed by atoms with Crippen LogP contribution in [0.5, 0.6) is 5.75 Å². The molecule has 0 aliphatic heterocycles. The normalized spacial score (nSPS) is 10.8. The van der Waals surface area contributed by atoms with Crippen molar-refractivity contribution < 1.29 is 4.74 Å². The van der Waals surface area contributed by atoms with Crippen molar-refractivity contribution in [3.63, 3.8) is 0 Å². The molecule has 108 valence electrons. The van der Waals surface area contributed by atoms with Gasteiger partial charge in [-0.25, -0.2) is 0 Å². The van der Waals surface area contributed by atoms with Gasteiger partial charge in [0.2, 0.25) is 0 Å². The summed E-state index contributed by atoms with van der Waals surface area (Å²) < 4.78 is 7.81. The van der Waals surface area contributed by atoms with Crippen molar-refractivity contribution >= 4 is 11.6 Å². The van der Waals surface area contributed by atoms with Gasteiger partial charge >= 0.3 is 0 Å². The summed E-state index contributed by atoms with van der Waals surface area (Å²) in [4.78, 5) is 0. The number of hydrogen-bond donors (Lipinski definition) is 0. The van der Waals surface area contributed by atoms with Crippen molar-refractivity contribution in [1.29, 1.82) is 0 Å². The first-order valence-corrected chi connectivity index (χ1v) is 7.38. The summed E-state index contributed by atoms with van der Waals surface area (Å²) in [5.41, 5.74) is 4.28. The van der Waals surface area contributed by atoms with Crippen LogP contribution in [-0.2, 0) is 19.6 Å². The van der Waals surface area contributed by atoms with E-state index in [0.717, 1.165) is 35.1 Å². The Labute approximate surface area is 125 Å². The van der Waals surface area contributed by atoms with Crippen LogP contribution in [0, 0.1) is 13.8 Å². The molecule has 0 spiro atoms. The second kappa shape index (κ2) is 6.31. The molecule has 0 unspecified atom stereocenters. The van der Waals surface area contributed by atoms with E-state index in [1.807, 2.05) is 16.8 Å². The molecule has 0 aliphatic rings. The largest absolute Gasteiger partial charge is 0.487 e. The Kier molecular flexibility index (Phi) is 4.71. The van der Waals surface area contributed by atoms with Crippen LogP contribution in [0.2, 0.25) is 5.02 Å². The number of benzene rings is 1. The van der Waals surface area contributed by atoms with E-state index in [1.54, 1.807) is 0 Å². The van der Waals surface area contributed by atoms with E-state index >= 15 is 0 Å². The van der Waals surface area contributed by atoms with Gasteiger partial charge in [-0.05, 0) is 50.5 Å². The van der Waals surface area contributed by atoms with Crippen LogP contribution >= 0.6 is 11.6 Å². The van der Waals surface area contributed by atoms with Gasteiger partial charge in [0.15, 0.2) is 0 Å². The van der Waals surface area contributed by atoms with E-state index in [2.05, 4.69) is 38.9 Å². The molecule has 0 radical (unpaired) electrons. The number of aryl methyl sites for hydroxylation is 4. The molecule has 3 nitrogen and oxygen atoms in total. The molecule has 0 saturated heterocycles. The third-order valence-corrected chi connectivity index (χ3v) is 3.70. The Balaban J connectivity index is 2.20. The monoisotopic (exact) mass is 292 g/mol. The predicted octanol–water partition coefficient (Wildman–Crippen LogP) is 4.31. The second-order valence-corrected chi connectivity index (χ2v) is 5.37. The highest BCUT2D eigenvalue weighted by atomic mass is 35.5. The fourth-order valence-electron chi connectivity index (χ4n) is 2.32. The molecule has 4 heteroatoms. The lowest BCUT2D eigenvalue weighted by Crippen LogP contribution is -2.06. The van der Waals surface area contributed by atoms with E-state index < -0.39 is 0 Å². The number of rotatable bonds is 5. The van der Waals surface area contributed by atoms with Crippen molar-refractivity contribution in [3.05, 3.63) is 45.7 Å². The highest BCUT2D eigenvalue weighted by Gasteiger charge is 2.14. The maximum Gasteiger partial charge on any atom is 0.131 e. The molecule has 1 aromatic heterocycles. The maximum atomic E-state index is 6.37. The molecule has 20 heavy (non-hydrogen) atoms. The molecule has 0 aliphatic carbocycles. The van der Waals surface area contributed by atoms with E-state index in [0.29, 0.717) is 6.61 Å². The highest BCUT2D eigenvalue weighted by Crippen LogP contribution is 2.24. The first-order valence-electron chi connectivity index (χ1n) is 7.00. The molecule has 0 fully saturated rings. The molecule has 0 bridgehead atoms. The molecule has 0 atom stereocenters. The van der Waals surface area contributed by atoms with Gasteiger partial charge in [-0.1, -0.05) is 24.6 Å². The van der Waals surface area contributed by atoms with Crippen molar-refractivity contribution in [3.8, 4) is 5.75 Å². The lowest BCUT2D eigenvalue weighted by Gasteiger charge is -2.10. The molecule has 1 heterocycles. The smallest absolute Gasteiger partial charge is 0.131 e. The van der Waals surface area contributed by atoms with Gasteiger partial charge in [0.25, 0.3) is 0 Å². The van der Waals surface area contributed by atoms with Crippen molar-refractivity contribution in [2.45, 2.75) is 47.3 Å².